The summed E-state index contributed by atoms with van der Waals surface area (Å²) in [6, 6.07) is 3.42. The second-order valence-electron chi connectivity index (χ2n) is 2.88. The van der Waals surface area contributed by atoms with Crippen molar-refractivity contribution < 1.29 is 27.6 Å². The Morgan fingerprint density at radius 3 is 2.20 bits per heavy atom. The summed E-state index contributed by atoms with van der Waals surface area (Å²) >= 11 is 0. The molecule has 0 unspecified atom stereocenters. The number of rotatable bonds is 1. The molecular formula is C7H12BNO5S. The Morgan fingerprint density at radius 2 is 1.93 bits per heavy atom. The van der Waals surface area contributed by atoms with Gasteiger partial charge in [0.1, 0.15) is 7.05 Å². The number of aromatic nitrogens is 1. The van der Waals surface area contributed by atoms with E-state index in [1.54, 1.807) is 22.9 Å². The van der Waals surface area contributed by atoms with Crippen molar-refractivity contribution >= 4 is 22.7 Å². The highest BCUT2D eigenvalue weighted by Gasteiger charge is 2.12. The molecule has 15 heavy (non-hydrogen) atoms. The number of hydrogen-bond donors (Lipinski definition) is 2. The molecule has 0 fully saturated rings. The quantitative estimate of drug-likeness (QED) is 0.313. The molecular weight excluding hydrogens is 221 g/mol. The smallest absolute Gasteiger partial charge is 0.494 e. The molecule has 0 spiro atoms. The van der Waals surface area contributed by atoms with E-state index in [4.69, 9.17) is 23.0 Å². The highest BCUT2D eigenvalue weighted by molar-refractivity contribution is 7.84. The minimum Gasteiger partial charge on any atom is -0.748 e. The Hall–Kier alpha value is -0.955. The number of pyridine rings is 1. The molecule has 0 saturated carbocycles. The van der Waals surface area contributed by atoms with Crippen molar-refractivity contribution in [3.63, 3.8) is 0 Å². The Bertz CT molecular complexity index is 398. The number of nitrogens with zero attached hydrogens (tertiary/aromatic N) is 1. The highest BCUT2D eigenvalue weighted by atomic mass is 32.2. The fraction of sp³-hybridized carbons (Fsp3) is 0.286. The minimum absolute atomic E-state index is 0.505. The lowest BCUT2D eigenvalue weighted by molar-refractivity contribution is -0.670. The van der Waals surface area contributed by atoms with E-state index >= 15 is 0 Å². The van der Waals surface area contributed by atoms with Crippen molar-refractivity contribution in [2.45, 2.75) is 0 Å². The molecule has 0 radical (unpaired) electrons. The van der Waals surface area contributed by atoms with Crippen LogP contribution < -0.4 is 10.0 Å². The second-order valence-corrected chi connectivity index (χ2v) is 4.29. The van der Waals surface area contributed by atoms with Gasteiger partial charge in [-0.25, -0.2) is 13.0 Å². The van der Waals surface area contributed by atoms with Gasteiger partial charge in [-0.1, -0.05) is 6.07 Å². The van der Waals surface area contributed by atoms with Crippen LogP contribution in [-0.2, 0) is 17.2 Å². The predicted octanol–water partition coefficient (Wildman–Crippen LogP) is -2.65. The zero-order chi connectivity index (χ0) is 12.1. The molecule has 0 aliphatic rings. The highest BCUT2D eigenvalue weighted by Crippen LogP contribution is 1.75. The third-order valence-electron chi connectivity index (χ3n) is 1.26. The van der Waals surface area contributed by atoms with Crippen molar-refractivity contribution in [2.24, 2.45) is 7.05 Å². The first-order valence-electron chi connectivity index (χ1n) is 3.92. The van der Waals surface area contributed by atoms with Gasteiger partial charge in [-0.2, -0.15) is 0 Å². The Kier molecular flexibility index (Phi) is 5.44. The van der Waals surface area contributed by atoms with E-state index in [9.17, 15) is 0 Å². The lowest BCUT2D eigenvalue weighted by Gasteiger charge is -1.93. The fourth-order valence-electron chi connectivity index (χ4n) is 0.764. The topological polar surface area (TPSA) is 102 Å². The summed E-state index contributed by atoms with van der Waals surface area (Å²) in [4.78, 5) is 0. The van der Waals surface area contributed by atoms with Crippen LogP contribution in [0.3, 0.4) is 0 Å². The van der Waals surface area contributed by atoms with E-state index in [0.29, 0.717) is 11.7 Å². The van der Waals surface area contributed by atoms with E-state index in [2.05, 4.69) is 0 Å². The molecule has 0 aliphatic heterocycles. The molecule has 8 heteroatoms. The molecule has 1 heterocycles. The Morgan fingerprint density at radius 1 is 1.47 bits per heavy atom. The van der Waals surface area contributed by atoms with Crippen LogP contribution in [0.25, 0.3) is 0 Å². The molecule has 0 atom stereocenters. The van der Waals surface area contributed by atoms with Gasteiger partial charge in [0.05, 0.1) is 10.1 Å². The molecule has 0 aliphatic carbocycles. The largest absolute Gasteiger partial charge is 0.748 e. The normalized spacial score (nSPS) is 10.2. The van der Waals surface area contributed by atoms with Crippen LogP contribution in [0.5, 0.6) is 0 Å². The monoisotopic (exact) mass is 233 g/mol. The first-order valence-corrected chi connectivity index (χ1v) is 5.74. The van der Waals surface area contributed by atoms with E-state index in [-0.39, 0.29) is 0 Å². The maximum absolute atomic E-state index is 9.08. The Labute approximate surface area is 88.7 Å². The summed E-state index contributed by atoms with van der Waals surface area (Å²) in [7, 11) is -3.46. The summed E-state index contributed by atoms with van der Waals surface area (Å²) in [5, 5.41) is 17.4. The molecule has 1 rings (SSSR count). The van der Waals surface area contributed by atoms with Gasteiger partial charge in [0, 0.05) is 17.8 Å². The molecule has 6 nitrogen and oxygen atoms in total. The molecule has 2 N–H and O–H groups in total. The van der Waals surface area contributed by atoms with Gasteiger partial charge in [-0.15, -0.1) is 0 Å². The van der Waals surface area contributed by atoms with Gasteiger partial charge in [-0.05, 0) is 0 Å². The van der Waals surface area contributed by atoms with Gasteiger partial charge < -0.3 is 14.6 Å². The van der Waals surface area contributed by atoms with Crippen molar-refractivity contribution in [3.05, 3.63) is 24.5 Å². The second kappa shape index (κ2) is 5.81. The summed E-state index contributed by atoms with van der Waals surface area (Å²) < 4.78 is 29.0. The molecule has 0 saturated heterocycles. The average Bonchev–Trinajstić information content (AvgIpc) is 2.00. The fourth-order valence-corrected chi connectivity index (χ4v) is 0.764. The molecule has 84 valence electrons. The standard InChI is InChI=1S/C6H9BNO2.CH4O3S/c1-8-4-2-3-6(5-8)7(9)10;1-5(2,3)4/h2-5,9-10H,1H3;1H3,(H,2,3,4)/q+1;/p-1. The first kappa shape index (κ1) is 14.0. The summed E-state index contributed by atoms with van der Waals surface area (Å²) in [5.41, 5.74) is 0.505. The lowest BCUT2D eigenvalue weighted by atomic mass is 9.82. The predicted molar refractivity (Wildman–Crippen MR) is 53.1 cm³/mol. The van der Waals surface area contributed by atoms with Crippen molar-refractivity contribution in [1.82, 2.24) is 0 Å². The van der Waals surface area contributed by atoms with Gasteiger partial charge in [0.25, 0.3) is 0 Å². The molecule has 1 aromatic rings. The average molecular weight is 233 g/mol. The van der Waals surface area contributed by atoms with Crippen LogP contribution in [-0.4, -0.2) is 36.4 Å². The zero-order valence-electron chi connectivity index (χ0n) is 8.36. The van der Waals surface area contributed by atoms with E-state index in [1.807, 2.05) is 13.2 Å². The van der Waals surface area contributed by atoms with E-state index in [1.165, 1.54) is 0 Å². The van der Waals surface area contributed by atoms with Crippen molar-refractivity contribution in [1.29, 1.82) is 0 Å². The summed E-state index contributed by atoms with van der Waals surface area (Å²) in [6.07, 6.45) is 4.09. The van der Waals surface area contributed by atoms with Crippen LogP contribution in [0.4, 0.5) is 0 Å². The minimum atomic E-state index is -3.92. The van der Waals surface area contributed by atoms with Crippen LogP contribution in [0.2, 0.25) is 0 Å². The third kappa shape index (κ3) is 9.35. The van der Waals surface area contributed by atoms with Crippen LogP contribution in [0, 0.1) is 0 Å². The zero-order valence-corrected chi connectivity index (χ0v) is 9.18. The van der Waals surface area contributed by atoms with Crippen LogP contribution >= 0.6 is 0 Å². The van der Waals surface area contributed by atoms with Crippen LogP contribution in [0.15, 0.2) is 24.5 Å². The number of hydrogen-bond acceptors (Lipinski definition) is 5. The third-order valence-corrected chi connectivity index (χ3v) is 1.26. The van der Waals surface area contributed by atoms with Gasteiger partial charge in [0.15, 0.2) is 12.4 Å². The van der Waals surface area contributed by atoms with E-state index in [0.717, 1.165) is 0 Å². The lowest BCUT2D eigenvalue weighted by Crippen LogP contribution is -2.39. The molecule has 0 aromatic carbocycles. The molecule has 1 aromatic heterocycles. The summed E-state index contributed by atoms with van der Waals surface area (Å²) in [5.74, 6) is 0. The maximum atomic E-state index is 9.08. The van der Waals surface area contributed by atoms with Gasteiger partial charge in [0.2, 0.25) is 0 Å². The first-order chi connectivity index (χ1) is 6.70. The van der Waals surface area contributed by atoms with E-state index < -0.39 is 17.2 Å². The van der Waals surface area contributed by atoms with Crippen molar-refractivity contribution in [2.75, 3.05) is 6.26 Å². The summed E-state index contributed by atoms with van der Waals surface area (Å²) in [6.45, 7) is 0. The molecule has 0 bridgehead atoms. The maximum Gasteiger partial charge on any atom is 0.494 e. The molecule has 0 amide bonds. The van der Waals surface area contributed by atoms with Crippen LogP contribution in [0.1, 0.15) is 0 Å². The van der Waals surface area contributed by atoms with Gasteiger partial charge >= 0.3 is 7.12 Å². The SMILES string of the molecule is CS(=O)(=O)[O-].C[n+]1cccc(B(O)O)c1. The Balaban J connectivity index is 0.000000336. The van der Waals surface area contributed by atoms with Crippen molar-refractivity contribution in [3.8, 4) is 0 Å². The van der Waals surface area contributed by atoms with Gasteiger partial charge in [-0.3, -0.25) is 0 Å². The number of aryl methyl sites for hydroxylation is 1.